The average Bonchev–Trinajstić information content (AvgIpc) is 3.69. The van der Waals surface area contributed by atoms with Crippen molar-refractivity contribution in [1.29, 1.82) is 0 Å². The van der Waals surface area contributed by atoms with Crippen LogP contribution in [-0.2, 0) is 13.3 Å². The molecular weight excluding hydrogens is 631 g/mol. The van der Waals surface area contributed by atoms with Crippen LogP contribution in [0.15, 0.2) is 69.9 Å². The highest BCUT2D eigenvalue weighted by atomic mass is 32.1. The lowest BCUT2D eigenvalue weighted by molar-refractivity contribution is 0.0866. The predicted octanol–water partition coefficient (Wildman–Crippen LogP) is 9.46. The summed E-state index contributed by atoms with van der Waals surface area (Å²) in [5.41, 5.74) is 2.03. The fourth-order valence-electron chi connectivity index (χ4n) is 5.07. The summed E-state index contributed by atoms with van der Waals surface area (Å²) in [7, 11) is -2.89. The third-order valence-corrected chi connectivity index (χ3v) is 13.3. The van der Waals surface area contributed by atoms with Gasteiger partial charge in [-0.25, -0.2) is 4.79 Å². The van der Waals surface area contributed by atoms with Gasteiger partial charge in [-0.15, -0.1) is 22.7 Å². The van der Waals surface area contributed by atoms with E-state index in [1.807, 2.05) is 57.2 Å². The molecule has 0 fully saturated rings. The van der Waals surface area contributed by atoms with Gasteiger partial charge < -0.3 is 22.6 Å². The number of rotatable bonds is 18. The minimum absolute atomic E-state index is 0.308. The Hall–Kier alpha value is -2.79. The maximum atomic E-state index is 13.1. The fourth-order valence-corrected chi connectivity index (χ4v) is 10.2. The van der Waals surface area contributed by atoms with E-state index >= 15 is 0 Å². The first kappa shape index (κ1) is 36.1. The van der Waals surface area contributed by atoms with Crippen LogP contribution in [0.5, 0.6) is 0 Å². The number of hydrogen-bond acceptors (Lipinski definition) is 8. The second-order valence-electron chi connectivity index (χ2n) is 12.0. The third-order valence-electron chi connectivity index (χ3n) is 7.49. The fraction of sp³-hybridized carbons (Fsp3) is 0.432. The van der Waals surface area contributed by atoms with Crippen LogP contribution >= 0.6 is 22.7 Å². The summed E-state index contributed by atoms with van der Waals surface area (Å²) in [6.07, 6.45) is 10.4. The van der Waals surface area contributed by atoms with Crippen LogP contribution in [0.4, 0.5) is 5.69 Å². The molecule has 4 aromatic rings. The van der Waals surface area contributed by atoms with Crippen molar-refractivity contribution in [2.24, 2.45) is 11.8 Å². The maximum Gasteiger partial charge on any atom is 0.547 e. The largest absolute Gasteiger partial charge is 0.547 e. The second kappa shape index (κ2) is 17.4. The Morgan fingerprint density at radius 3 is 1.96 bits per heavy atom. The van der Waals surface area contributed by atoms with E-state index in [9.17, 15) is 4.79 Å². The van der Waals surface area contributed by atoms with Gasteiger partial charge in [-0.3, -0.25) is 0 Å². The Morgan fingerprint density at radius 2 is 1.37 bits per heavy atom. The molecule has 0 aliphatic carbocycles. The second-order valence-corrected chi connectivity index (χ2v) is 17.1. The molecule has 9 heteroatoms. The molecule has 0 saturated heterocycles. The summed E-state index contributed by atoms with van der Waals surface area (Å²) in [5.74, 6) is 1.27. The Morgan fingerprint density at radius 1 is 0.783 bits per heavy atom. The summed E-state index contributed by atoms with van der Waals surface area (Å²) in [6.45, 7) is 18.5. The zero-order chi connectivity index (χ0) is 33.1. The highest BCUT2D eigenvalue weighted by molar-refractivity contribution is 7.24. The maximum absolute atomic E-state index is 13.1. The Kier molecular flexibility index (Phi) is 13.6. The molecule has 0 amide bonds. The number of anilines is 1. The molecule has 4 rings (SSSR count). The number of thiophene rings is 2. The first-order valence-electron chi connectivity index (χ1n) is 16.5. The molecule has 0 aliphatic heterocycles. The van der Waals surface area contributed by atoms with Crippen molar-refractivity contribution < 1.29 is 17.7 Å². The molecule has 1 aromatic carbocycles. The molecule has 0 unspecified atom stereocenters. The molecular formula is C37H49NO5S2Si. The van der Waals surface area contributed by atoms with E-state index in [1.165, 1.54) is 0 Å². The van der Waals surface area contributed by atoms with Crippen molar-refractivity contribution in [3.8, 4) is 10.4 Å². The molecule has 0 aliphatic rings. The van der Waals surface area contributed by atoms with Crippen molar-refractivity contribution in [1.82, 2.24) is 0 Å². The topological polar surface area (TPSA) is 61.1 Å². The minimum atomic E-state index is -2.89. The molecule has 6 nitrogen and oxygen atoms in total. The zero-order valence-electron chi connectivity index (χ0n) is 28.3. The highest BCUT2D eigenvalue weighted by Gasteiger charge is 2.44. The lowest BCUT2D eigenvalue weighted by Gasteiger charge is -2.27. The molecule has 3 heterocycles. The van der Waals surface area contributed by atoms with E-state index < -0.39 is 8.80 Å². The van der Waals surface area contributed by atoms with Crippen molar-refractivity contribution >= 4 is 64.8 Å². The monoisotopic (exact) mass is 679 g/mol. The Balaban J connectivity index is 1.47. The number of allylic oxidation sites excluding steroid dienone is 2. The van der Waals surface area contributed by atoms with Gasteiger partial charge in [0.2, 0.25) is 0 Å². The SMILES string of the molecule is CCO[Si](OCC)(OCC)c1ccc(/C=C/C=C/c2ccc(-c3cc4ccc(N(CCC(C)C)CCC(C)C)cc4oc3=O)s2)s1. The van der Waals surface area contributed by atoms with E-state index in [2.05, 4.69) is 69.0 Å². The van der Waals surface area contributed by atoms with E-state index in [0.29, 0.717) is 42.8 Å². The Labute approximate surface area is 283 Å². The van der Waals surface area contributed by atoms with Gasteiger partial charge in [0, 0.05) is 64.7 Å². The van der Waals surface area contributed by atoms with Crippen molar-refractivity contribution in [3.63, 3.8) is 0 Å². The van der Waals surface area contributed by atoms with Gasteiger partial charge in [-0.05, 0) is 100 Å². The number of nitrogens with zero attached hydrogens (tertiary/aromatic N) is 1. The predicted molar refractivity (Wildman–Crippen MR) is 200 cm³/mol. The molecule has 0 spiro atoms. The Bertz CT molecular complexity index is 1620. The van der Waals surface area contributed by atoms with Crippen LogP contribution in [0.25, 0.3) is 33.6 Å². The smallest absolute Gasteiger partial charge is 0.422 e. The minimum Gasteiger partial charge on any atom is -0.422 e. The quantitative estimate of drug-likeness (QED) is 0.0593. The van der Waals surface area contributed by atoms with Gasteiger partial charge in [0.15, 0.2) is 0 Å². The summed E-state index contributed by atoms with van der Waals surface area (Å²) >= 11 is 3.21. The average molecular weight is 680 g/mol. The number of hydrogen-bond donors (Lipinski definition) is 0. The van der Waals surface area contributed by atoms with E-state index in [-0.39, 0.29) is 5.63 Å². The van der Waals surface area contributed by atoms with Gasteiger partial charge in [-0.2, -0.15) is 0 Å². The highest BCUT2D eigenvalue weighted by Crippen LogP contribution is 2.30. The van der Waals surface area contributed by atoms with Gasteiger partial charge >= 0.3 is 14.4 Å². The van der Waals surface area contributed by atoms with Gasteiger partial charge in [0.25, 0.3) is 0 Å². The third kappa shape index (κ3) is 9.62. The molecule has 0 bridgehead atoms. The van der Waals surface area contributed by atoms with E-state index in [4.69, 9.17) is 17.7 Å². The lowest BCUT2D eigenvalue weighted by atomic mass is 10.1. The van der Waals surface area contributed by atoms with Crippen molar-refractivity contribution in [3.05, 3.63) is 80.9 Å². The lowest BCUT2D eigenvalue weighted by Crippen LogP contribution is -2.55. The van der Waals surface area contributed by atoms with Crippen LogP contribution in [0.2, 0.25) is 0 Å². The van der Waals surface area contributed by atoms with Crippen LogP contribution in [0, 0.1) is 11.8 Å². The van der Waals surface area contributed by atoms with Crippen LogP contribution in [0.3, 0.4) is 0 Å². The summed E-state index contributed by atoms with van der Waals surface area (Å²) in [4.78, 5) is 18.6. The van der Waals surface area contributed by atoms with Gasteiger partial charge in [-0.1, -0.05) is 39.8 Å². The van der Waals surface area contributed by atoms with Gasteiger partial charge in [0.05, 0.1) is 10.1 Å². The number of fused-ring (bicyclic) bond motifs is 1. The molecule has 248 valence electrons. The van der Waals surface area contributed by atoms with Crippen LogP contribution < -0.4 is 15.0 Å². The summed E-state index contributed by atoms with van der Waals surface area (Å²) < 4.78 is 25.1. The summed E-state index contributed by atoms with van der Waals surface area (Å²) in [6, 6.07) is 16.4. The standard InChI is InChI=1S/C37H49NO5S2Si/c1-8-40-46(41-9-2,42-10-3)36-20-18-32(45-36)14-12-11-13-31-17-19-35(44-31)33-25-29-15-16-30(26-34(29)43-37(33)39)38(23-21-27(4)5)24-22-28(6)7/h11-20,25-28H,8-10,21-24H2,1-7H3/b13-11+,14-12+. The molecule has 0 atom stereocenters. The molecule has 0 N–H and O–H groups in total. The van der Waals surface area contributed by atoms with E-state index in [1.54, 1.807) is 22.7 Å². The first-order chi connectivity index (χ1) is 22.2. The normalized spacial score (nSPS) is 12.5. The molecule has 3 aromatic heterocycles. The van der Waals surface area contributed by atoms with Gasteiger partial charge in [0.1, 0.15) is 5.58 Å². The zero-order valence-corrected chi connectivity index (χ0v) is 31.0. The van der Waals surface area contributed by atoms with Crippen LogP contribution in [-0.4, -0.2) is 41.7 Å². The molecule has 0 saturated carbocycles. The molecule has 46 heavy (non-hydrogen) atoms. The van der Waals surface area contributed by atoms with E-state index in [0.717, 1.165) is 56.1 Å². The van der Waals surface area contributed by atoms with Crippen molar-refractivity contribution in [2.75, 3.05) is 37.8 Å². The first-order valence-corrected chi connectivity index (χ1v) is 19.8. The summed E-state index contributed by atoms with van der Waals surface area (Å²) in [5, 5.41) is 0.930. The molecule has 0 radical (unpaired) electrons. The van der Waals surface area contributed by atoms with Crippen molar-refractivity contribution in [2.45, 2.75) is 61.3 Å². The number of benzene rings is 1. The van der Waals surface area contributed by atoms with Crippen LogP contribution in [0.1, 0.15) is 71.1 Å².